The van der Waals surface area contributed by atoms with Gasteiger partial charge in [0.1, 0.15) is 0 Å². The summed E-state index contributed by atoms with van der Waals surface area (Å²) >= 11 is 0. The molecule has 0 fully saturated rings. The van der Waals surface area contributed by atoms with Crippen molar-refractivity contribution in [2.45, 2.75) is 0 Å². The van der Waals surface area contributed by atoms with Crippen LogP contribution in [0.15, 0.2) is 42.5 Å². The zero-order chi connectivity index (χ0) is 15.0. The molecule has 0 aromatic heterocycles. The Morgan fingerprint density at radius 3 is 2.57 bits per heavy atom. The summed E-state index contributed by atoms with van der Waals surface area (Å²) in [6, 6.07) is 12.7. The number of nitro benzene ring substituents is 1. The lowest BCUT2D eigenvalue weighted by Crippen LogP contribution is -2.36. The standard InChI is InChI=1S/C15H16N4O2/c1-17-6-7-18(15-5-3-2-4-14(15)17)12-8-11(16)9-13(10-12)19(20)21/h2-5,8-10H,6-7,16H2,1H3. The van der Waals surface area contributed by atoms with Crippen LogP contribution in [0.5, 0.6) is 0 Å². The van der Waals surface area contributed by atoms with Crippen LogP contribution < -0.4 is 15.5 Å². The number of nitrogens with two attached hydrogens (primary N) is 1. The number of nitrogens with zero attached hydrogens (tertiary/aromatic N) is 3. The molecule has 0 saturated carbocycles. The first-order valence-corrected chi connectivity index (χ1v) is 6.69. The summed E-state index contributed by atoms with van der Waals surface area (Å²) in [5.74, 6) is 0. The maximum absolute atomic E-state index is 11.0. The molecule has 3 rings (SSSR count). The van der Waals surface area contributed by atoms with Crippen LogP contribution in [0.1, 0.15) is 0 Å². The molecule has 2 aromatic carbocycles. The summed E-state index contributed by atoms with van der Waals surface area (Å²) in [6.07, 6.45) is 0. The molecule has 1 heterocycles. The molecule has 0 aliphatic carbocycles. The molecule has 1 aliphatic rings. The SMILES string of the molecule is CN1CCN(c2cc(N)cc([N+](=O)[O-])c2)c2ccccc21. The van der Waals surface area contributed by atoms with Gasteiger partial charge in [-0.1, -0.05) is 12.1 Å². The Balaban J connectivity index is 2.10. The molecule has 2 aromatic rings. The van der Waals surface area contributed by atoms with E-state index in [1.54, 1.807) is 12.1 Å². The van der Waals surface area contributed by atoms with Gasteiger partial charge in [-0.15, -0.1) is 0 Å². The highest BCUT2D eigenvalue weighted by atomic mass is 16.6. The topological polar surface area (TPSA) is 75.6 Å². The van der Waals surface area contributed by atoms with E-state index >= 15 is 0 Å². The maximum Gasteiger partial charge on any atom is 0.273 e. The van der Waals surface area contributed by atoms with Gasteiger partial charge in [-0.05, 0) is 18.2 Å². The summed E-state index contributed by atoms with van der Waals surface area (Å²) in [6.45, 7) is 1.60. The van der Waals surface area contributed by atoms with Gasteiger partial charge in [0.25, 0.3) is 5.69 Å². The molecule has 21 heavy (non-hydrogen) atoms. The van der Waals surface area contributed by atoms with Crippen molar-refractivity contribution in [2.75, 3.05) is 35.7 Å². The zero-order valence-corrected chi connectivity index (χ0v) is 11.7. The average molecular weight is 284 g/mol. The van der Waals surface area contributed by atoms with Gasteiger partial charge in [-0.3, -0.25) is 10.1 Å². The molecule has 0 radical (unpaired) electrons. The van der Waals surface area contributed by atoms with Crippen molar-refractivity contribution < 1.29 is 4.92 Å². The van der Waals surface area contributed by atoms with Crippen LogP contribution in [0.3, 0.4) is 0 Å². The molecule has 2 N–H and O–H groups in total. The highest BCUT2D eigenvalue weighted by Crippen LogP contribution is 2.38. The van der Waals surface area contributed by atoms with E-state index in [0.29, 0.717) is 5.69 Å². The predicted octanol–water partition coefficient (Wildman–Crippen LogP) is 2.76. The number of fused-ring (bicyclic) bond motifs is 1. The second-order valence-corrected chi connectivity index (χ2v) is 5.10. The lowest BCUT2D eigenvalue weighted by molar-refractivity contribution is -0.384. The first-order valence-electron chi connectivity index (χ1n) is 6.69. The highest BCUT2D eigenvalue weighted by molar-refractivity contribution is 5.80. The summed E-state index contributed by atoms with van der Waals surface area (Å²) in [4.78, 5) is 14.8. The van der Waals surface area contributed by atoms with Gasteiger partial charge >= 0.3 is 0 Å². The Bertz CT molecular complexity index is 702. The zero-order valence-electron chi connectivity index (χ0n) is 11.7. The molecule has 1 aliphatic heterocycles. The minimum absolute atomic E-state index is 0.0152. The van der Waals surface area contributed by atoms with Gasteiger partial charge in [-0.25, -0.2) is 0 Å². The number of anilines is 4. The summed E-state index contributed by atoms with van der Waals surface area (Å²) in [5, 5.41) is 11.0. The number of hydrogen-bond donors (Lipinski definition) is 1. The van der Waals surface area contributed by atoms with Crippen LogP contribution in [0.2, 0.25) is 0 Å². The van der Waals surface area contributed by atoms with Crippen molar-refractivity contribution in [3.8, 4) is 0 Å². The highest BCUT2D eigenvalue weighted by Gasteiger charge is 2.22. The van der Waals surface area contributed by atoms with E-state index in [0.717, 1.165) is 30.2 Å². The second kappa shape index (κ2) is 4.97. The first kappa shape index (κ1) is 13.2. The van der Waals surface area contributed by atoms with Crippen LogP contribution >= 0.6 is 0 Å². The smallest absolute Gasteiger partial charge is 0.273 e. The van der Waals surface area contributed by atoms with Crippen LogP contribution in [-0.2, 0) is 0 Å². The number of nitrogen functional groups attached to an aromatic ring is 1. The molecular formula is C15H16N4O2. The lowest BCUT2D eigenvalue weighted by Gasteiger charge is -2.37. The summed E-state index contributed by atoms with van der Waals surface area (Å²) in [5.41, 5.74) is 9.11. The molecule has 0 spiro atoms. The summed E-state index contributed by atoms with van der Waals surface area (Å²) in [7, 11) is 2.04. The third-order valence-corrected chi connectivity index (χ3v) is 3.69. The average Bonchev–Trinajstić information content (AvgIpc) is 2.47. The Hall–Kier alpha value is -2.76. The third kappa shape index (κ3) is 2.35. The van der Waals surface area contributed by atoms with E-state index in [4.69, 9.17) is 5.73 Å². The largest absolute Gasteiger partial charge is 0.398 e. The van der Waals surface area contributed by atoms with Crippen LogP contribution in [0, 0.1) is 10.1 Å². The van der Waals surface area contributed by atoms with Crippen molar-refractivity contribution in [2.24, 2.45) is 0 Å². The fourth-order valence-corrected chi connectivity index (χ4v) is 2.65. The molecular weight excluding hydrogens is 268 g/mol. The Morgan fingerprint density at radius 1 is 1.14 bits per heavy atom. The number of rotatable bonds is 2. The second-order valence-electron chi connectivity index (χ2n) is 5.10. The van der Waals surface area contributed by atoms with Crippen LogP contribution in [-0.4, -0.2) is 25.1 Å². The van der Waals surface area contributed by atoms with E-state index in [2.05, 4.69) is 9.80 Å². The minimum atomic E-state index is -0.415. The Kier molecular flexibility index (Phi) is 3.13. The van der Waals surface area contributed by atoms with Crippen molar-refractivity contribution in [3.63, 3.8) is 0 Å². The van der Waals surface area contributed by atoms with E-state index in [-0.39, 0.29) is 5.69 Å². The van der Waals surface area contributed by atoms with Crippen LogP contribution in [0.4, 0.5) is 28.4 Å². The first-order chi connectivity index (χ1) is 10.1. The molecule has 6 heteroatoms. The van der Waals surface area contributed by atoms with Gasteiger partial charge < -0.3 is 15.5 Å². The number of likely N-dealkylation sites (N-methyl/N-ethyl adjacent to an activating group) is 1. The molecule has 6 nitrogen and oxygen atoms in total. The molecule has 0 amide bonds. The van der Waals surface area contributed by atoms with Gasteiger partial charge in [0.15, 0.2) is 0 Å². The minimum Gasteiger partial charge on any atom is -0.398 e. The number of non-ortho nitro benzene ring substituents is 1. The van der Waals surface area contributed by atoms with Crippen molar-refractivity contribution in [1.29, 1.82) is 0 Å². The van der Waals surface area contributed by atoms with E-state index in [1.165, 1.54) is 6.07 Å². The van der Waals surface area contributed by atoms with Gasteiger partial charge in [-0.2, -0.15) is 0 Å². The van der Waals surface area contributed by atoms with E-state index in [1.807, 2.05) is 31.3 Å². The molecule has 0 unspecified atom stereocenters. The van der Waals surface area contributed by atoms with E-state index < -0.39 is 4.92 Å². The predicted molar refractivity (Wildman–Crippen MR) is 84.2 cm³/mol. The van der Waals surface area contributed by atoms with Crippen molar-refractivity contribution >= 4 is 28.4 Å². The summed E-state index contributed by atoms with van der Waals surface area (Å²) < 4.78 is 0. The van der Waals surface area contributed by atoms with Crippen LogP contribution in [0.25, 0.3) is 0 Å². The quantitative estimate of drug-likeness (QED) is 0.521. The van der Waals surface area contributed by atoms with Gasteiger partial charge in [0, 0.05) is 38.0 Å². The van der Waals surface area contributed by atoms with Gasteiger partial charge in [0.05, 0.1) is 22.0 Å². The molecule has 108 valence electrons. The lowest BCUT2D eigenvalue weighted by atomic mass is 10.1. The fraction of sp³-hybridized carbons (Fsp3) is 0.200. The number of nitro groups is 1. The monoisotopic (exact) mass is 284 g/mol. The third-order valence-electron chi connectivity index (χ3n) is 3.69. The Morgan fingerprint density at radius 2 is 1.86 bits per heavy atom. The molecule has 0 bridgehead atoms. The number of hydrogen-bond acceptors (Lipinski definition) is 5. The van der Waals surface area contributed by atoms with Gasteiger partial charge in [0.2, 0.25) is 0 Å². The maximum atomic E-state index is 11.0. The van der Waals surface area contributed by atoms with Crippen molar-refractivity contribution in [1.82, 2.24) is 0 Å². The van der Waals surface area contributed by atoms with E-state index in [9.17, 15) is 10.1 Å². The molecule has 0 atom stereocenters. The molecule has 0 saturated heterocycles. The fourth-order valence-electron chi connectivity index (χ4n) is 2.65. The number of para-hydroxylation sites is 2. The van der Waals surface area contributed by atoms with Crippen molar-refractivity contribution in [3.05, 3.63) is 52.6 Å². The number of benzene rings is 2. The Labute approximate surface area is 122 Å². The normalized spacial score (nSPS) is 14.0.